The van der Waals surface area contributed by atoms with Crippen LogP contribution in [0.25, 0.3) is 0 Å². The molecule has 0 aliphatic carbocycles. The Kier molecular flexibility index (Phi) is 5.18. The molecule has 1 amide bonds. The minimum Gasteiger partial charge on any atom is -0.480 e. The van der Waals surface area contributed by atoms with Gasteiger partial charge in [0.2, 0.25) is 11.9 Å². The fraction of sp³-hybridized carbons (Fsp3) is 0.368. The number of piperazine rings is 1. The van der Waals surface area contributed by atoms with Crippen LogP contribution in [0.4, 0.5) is 5.95 Å². The number of rotatable bonds is 4. The Morgan fingerprint density at radius 3 is 2.50 bits per heavy atom. The molecule has 3 unspecified atom stereocenters. The quantitative estimate of drug-likeness (QED) is 0.687. The molecule has 0 radical (unpaired) electrons. The Morgan fingerprint density at radius 2 is 1.79 bits per heavy atom. The van der Waals surface area contributed by atoms with Gasteiger partial charge in [-0.05, 0) is 18.1 Å². The van der Waals surface area contributed by atoms with Gasteiger partial charge in [0.05, 0.1) is 6.54 Å². The molecule has 9 heteroatoms. The highest BCUT2D eigenvalue weighted by atomic mass is 16.4. The first-order valence-corrected chi connectivity index (χ1v) is 9.25. The van der Waals surface area contributed by atoms with Crippen LogP contribution < -0.4 is 15.8 Å². The molecule has 2 saturated heterocycles. The molecular formula is C19H22N6O3. The summed E-state index contributed by atoms with van der Waals surface area (Å²) in [6, 6.07) is 10.2. The summed E-state index contributed by atoms with van der Waals surface area (Å²) in [6.45, 7) is 0.956. The zero-order valence-electron chi connectivity index (χ0n) is 15.2. The number of carboxylic acids is 1. The van der Waals surface area contributed by atoms with Crippen molar-refractivity contribution in [3.05, 3.63) is 54.4 Å². The Hall–Kier alpha value is -3.04. The van der Waals surface area contributed by atoms with E-state index in [1.54, 1.807) is 23.4 Å². The van der Waals surface area contributed by atoms with Crippen molar-refractivity contribution >= 4 is 17.8 Å². The van der Waals surface area contributed by atoms with Crippen LogP contribution in [-0.4, -0.2) is 63.6 Å². The van der Waals surface area contributed by atoms with Crippen LogP contribution in [0.1, 0.15) is 18.0 Å². The summed E-state index contributed by atoms with van der Waals surface area (Å²) in [6.07, 6.45) is 3.80. The number of amides is 1. The highest BCUT2D eigenvalue weighted by molar-refractivity contribution is 5.88. The molecule has 3 heterocycles. The fourth-order valence-electron chi connectivity index (χ4n) is 3.72. The normalized spacial score (nSPS) is 24.9. The first-order chi connectivity index (χ1) is 13.6. The minimum atomic E-state index is -1.03. The smallest absolute Gasteiger partial charge is 0.328 e. The number of hydrogen-bond donors (Lipinski definition) is 3. The van der Waals surface area contributed by atoms with Crippen LogP contribution in [0.2, 0.25) is 0 Å². The van der Waals surface area contributed by atoms with Gasteiger partial charge in [0.1, 0.15) is 12.1 Å². The lowest BCUT2D eigenvalue weighted by Gasteiger charge is -2.40. The molecule has 1 aromatic heterocycles. The Morgan fingerprint density at radius 1 is 1.04 bits per heavy atom. The van der Waals surface area contributed by atoms with Crippen LogP contribution in [0.15, 0.2) is 48.8 Å². The number of carboxylic acid groups (broad SMARTS) is 1. The van der Waals surface area contributed by atoms with Crippen molar-refractivity contribution < 1.29 is 14.7 Å². The number of benzene rings is 1. The molecule has 1 aromatic carbocycles. The van der Waals surface area contributed by atoms with Crippen molar-refractivity contribution in [3.63, 3.8) is 0 Å². The monoisotopic (exact) mass is 382 g/mol. The Balaban J connectivity index is 1.44. The van der Waals surface area contributed by atoms with Crippen LogP contribution in [0.3, 0.4) is 0 Å². The SMILES string of the molecule is O=C(O)C1CN(c2ncccn2)CCN1C(=O)C1CC(c2ccccc2)NN1. The maximum Gasteiger partial charge on any atom is 0.328 e. The molecule has 0 spiro atoms. The third-order valence-corrected chi connectivity index (χ3v) is 5.19. The largest absolute Gasteiger partial charge is 0.480 e. The Bertz CT molecular complexity index is 834. The van der Waals surface area contributed by atoms with E-state index < -0.39 is 18.1 Å². The van der Waals surface area contributed by atoms with Gasteiger partial charge in [0.25, 0.3) is 0 Å². The summed E-state index contributed by atoms with van der Waals surface area (Å²) in [5, 5.41) is 9.70. The van der Waals surface area contributed by atoms with Crippen molar-refractivity contribution in [3.8, 4) is 0 Å². The predicted octanol–water partition coefficient (Wildman–Crippen LogP) is 0.186. The molecule has 28 heavy (non-hydrogen) atoms. The Labute approximate surface area is 162 Å². The third kappa shape index (κ3) is 3.67. The van der Waals surface area contributed by atoms with Gasteiger partial charge in [-0.3, -0.25) is 4.79 Å². The van der Waals surface area contributed by atoms with E-state index in [1.807, 2.05) is 30.3 Å². The number of nitrogens with one attached hydrogen (secondary N) is 2. The van der Waals surface area contributed by atoms with Gasteiger partial charge in [-0.1, -0.05) is 30.3 Å². The van der Waals surface area contributed by atoms with E-state index in [2.05, 4.69) is 20.8 Å². The number of aliphatic carboxylic acids is 1. The molecule has 3 atom stereocenters. The molecule has 0 saturated carbocycles. The molecule has 2 fully saturated rings. The van der Waals surface area contributed by atoms with Crippen LogP contribution in [0.5, 0.6) is 0 Å². The highest BCUT2D eigenvalue weighted by Crippen LogP contribution is 2.24. The molecule has 2 aliphatic rings. The summed E-state index contributed by atoms with van der Waals surface area (Å²) in [5.74, 6) is -0.753. The number of hydrogen-bond acceptors (Lipinski definition) is 7. The lowest BCUT2D eigenvalue weighted by atomic mass is 10.0. The average molecular weight is 382 g/mol. The van der Waals surface area contributed by atoms with E-state index in [4.69, 9.17) is 0 Å². The number of carbonyl (C=O) groups excluding carboxylic acids is 1. The number of nitrogens with zero attached hydrogens (tertiary/aromatic N) is 4. The van der Waals surface area contributed by atoms with Gasteiger partial charge in [-0.15, -0.1) is 0 Å². The molecule has 4 rings (SSSR count). The van der Waals surface area contributed by atoms with Gasteiger partial charge < -0.3 is 14.9 Å². The lowest BCUT2D eigenvalue weighted by Crippen LogP contribution is -2.61. The molecule has 9 nitrogen and oxygen atoms in total. The van der Waals surface area contributed by atoms with E-state index in [0.29, 0.717) is 25.5 Å². The lowest BCUT2D eigenvalue weighted by molar-refractivity contribution is -0.151. The van der Waals surface area contributed by atoms with Gasteiger partial charge in [-0.25, -0.2) is 25.6 Å². The summed E-state index contributed by atoms with van der Waals surface area (Å²) in [4.78, 5) is 36.5. The van der Waals surface area contributed by atoms with Crippen LogP contribution in [-0.2, 0) is 9.59 Å². The maximum absolute atomic E-state index is 13.0. The average Bonchev–Trinajstić information content (AvgIpc) is 3.24. The number of aromatic nitrogens is 2. The second-order valence-electron chi connectivity index (χ2n) is 6.92. The van der Waals surface area contributed by atoms with Crippen molar-refractivity contribution in [2.75, 3.05) is 24.5 Å². The van der Waals surface area contributed by atoms with Gasteiger partial charge >= 0.3 is 5.97 Å². The minimum absolute atomic E-state index is 0.0115. The predicted molar refractivity (Wildman–Crippen MR) is 101 cm³/mol. The maximum atomic E-state index is 13.0. The van der Waals surface area contributed by atoms with Crippen LogP contribution in [0, 0.1) is 0 Å². The summed E-state index contributed by atoms with van der Waals surface area (Å²) < 4.78 is 0. The summed E-state index contributed by atoms with van der Waals surface area (Å²) in [5.41, 5.74) is 7.27. The summed E-state index contributed by atoms with van der Waals surface area (Å²) in [7, 11) is 0. The zero-order chi connectivity index (χ0) is 19.5. The summed E-state index contributed by atoms with van der Waals surface area (Å²) >= 11 is 0. The second kappa shape index (κ2) is 7.91. The van der Waals surface area contributed by atoms with Gasteiger partial charge in [-0.2, -0.15) is 0 Å². The van der Waals surface area contributed by atoms with E-state index in [0.717, 1.165) is 5.56 Å². The molecule has 3 N–H and O–H groups in total. The van der Waals surface area contributed by atoms with Crippen molar-refractivity contribution in [2.24, 2.45) is 0 Å². The van der Waals surface area contributed by atoms with Crippen molar-refractivity contribution in [1.82, 2.24) is 25.7 Å². The molecule has 146 valence electrons. The number of hydrazine groups is 1. The molecule has 0 bridgehead atoms. The first kappa shape index (κ1) is 18.3. The first-order valence-electron chi connectivity index (χ1n) is 9.25. The van der Waals surface area contributed by atoms with Gasteiger partial charge in [0.15, 0.2) is 0 Å². The van der Waals surface area contributed by atoms with Crippen LogP contribution >= 0.6 is 0 Å². The molecular weight excluding hydrogens is 360 g/mol. The number of anilines is 1. The molecule has 2 aliphatic heterocycles. The van der Waals surface area contributed by atoms with E-state index in [1.165, 1.54) is 4.90 Å². The number of carbonyl (C=O) groups is 2. The van der Waals surface area contributed by atoms with E-state index in [-0.39, 0.29) is 18.5 Å². The topological polar surface area (TPSA) is 111 Å². The van der Waals surface area contributed by atoms with E-state index >= 15 is 0 Å². The van der Waals surface area contributed by atoms with Gasteiger partial charge in [0, 0.05) is 31.5 Å². The fourth-order valence-corrected chi connectivity index (χ4v) is 3.72. The standard InChI is InChI=1S/C19H22N6O3/c26-17(15-11-14(22-23-15)13-5-2-1-3-6-13)25-10-9-24(12-16(25)18(27)28)19-20-7-4-8-21-19/h1-8,14-16,22-23H,9-12H2,(H,27,28). The van der Waals surface area contributed by atoms with E-state index in [9.17, 15) is 14.7 Å². The highest BCUT2D eigenvalue weighted by Gasteiger charge is 2.41. The third-order valence-electron chi connectivity index (χ3n) is 5.19. The van der Waals surface area contributed by atoms with Crippen molar-refractivity contribution in [1.29, 1.82) is 0 Å². The zero-order valence-corrected chi connectivity index (χ0v) is 15.2. The second-order valence-corrected chi connectivity index (χ2v) is 6.92. The van der Waals surface area contributed by atoms with Crippen molar-refractivity contribution in [2.45, 2.75) is 24.5 Å². The molecule has 2 aromatic rings.